The number of amides is 2. The fraction of sp³-hybridized carbons (Fsp3) is 0.438. The standard InChI is InChI=1S/C16H18Cl2N2O4/c1-19-9-11(14(21)16(19)23)15(22)20(24-2)7-3-4-10-5-6-12(17)13(18)8-10/h5-6,8,11H,3-4,7,9H2,1-2H3. The molecular formula is C16H18Cl2N2O4. The first kappa shape index (κ1) is 18.7. The summed E-state index contributed by atoms with van der Waals surface area (Å²) in [6, 6.07) is 5.36. The lowest BCUT2D eigenvalue weighted by atomic mass is 10.1. The lowest BCUT2D eigenvalue weighted by molar-refractivity contribution is -0.181. The number of halogens is 2. The normalized spacial score (nSPS) is 17.5. The van der Waals surface area contributed by atoms with Gasteiger partial charge in [-0.15, -0.1) is 0 Å². The van der Waals surface area contributed by atoms with Gasteiger partial charge in [-0.05, 0) is 30.5 Å². The summed E-state index contributed by atoms with van der Waals surface area (Å²) in [6.45, 7) is 0.389. The predicted octanol–water partition coefficient (Wildman–Crippen LogP) is 1.97. The number of hydrogen-bond donors (Lipinski definition) is 0. The highest BCUT2D eigenvalue weighted by molar-refractivity contribution is 6.42. The van der Waals surface area contributed by atoms with Crippen molar-refractivity contribution in [1.29, 1.82) is 0 Å². The molecular weight excluding hydrogens is 355 g/mol. The molecule has 0 saturated carbocycles. The minimum atomic E-state index is -0.993. The van der Waals surface area contributed by atoms with Crippen LogP contribution in [0.5, 0.6) is 0 Å². The molecule has 1 aliphatic rings. The fourth-order valence-corrected chi connectivity index (χ4v) is 2.87. The molecule has 24 heavy (non-hydrogen) atoms. The molecule has 1 atom stereocenters. The van der Waals surface area contributed by atoms with Gasteiger partial charge in [-0.1, -0.05) is 29.3 Å². The molecule has 1 unspecified atom stereocenters. The number of carbonyl (C=O) groups excluding carboxylic acids is 3. The van der Waals surface area contributed by atoms with E-state index in [0.29, 0.717) is 29.4 Å². The number of aryl methyl sites for hydroxylation is 1. The molecule has 0 aliphatic carbocycles. The molecule has 1 aromatic rings. The van der Waals surface area contributed by atoms with Gasteiger partial charge in [0.15, 0.2) is 0 Å². The second-order valence-corrected chi connectivity index (χ2v) is 6.39. The van der Waals surface area contributed by atoms with E-state index in [1.807, 2.05) is 6.07 Å². The molecule has 130 valence electrons. The molecule has 1 aliphatic heterocycles. The molecule has 0 aromatic heterocycles. The summed E-state index contributed by atoms with van der Waals surface area (Å²) in [5.74, 6) is -2.81. The van der Waals surface area contributed by atoms with E-state index in [9.17, 15) is 14.4 Å². The lowest BCUT2D eigenvalue weighted by Gasteiger charge is -2.22. The summed E-state index contributed by atoms with van der Waals surface area (Å²) in [4.78, 5) is 42.1. The molecule has 0 radical (unpaired) electrons. The minimum Gasteiger partial charge on any atom is -0.338 e. The number of ketones is 1. The van der Waals surface area contributed by atoms with E-state index >= 15 is 0 Å². The number of hydrogen-bond acceptors (Lipinski definition) is 4. The highest BCUT2D eigenvalue weighted by Gasteiger charge is 2.43. The average molecular weight is 373 g/mol. The average Bonchev–Trinajstić information content (AvgIpc) is 2.82. The molecule has 8 heteroatoms. The fourth-order valence-electron chi connectivity index (χ4n) is 2.55. The number of rotatable bonds is 6. The van der Waals surface area contributed by atoms with Crippen LogP contribution in [0.3, 0.4) is 0 Å². The summed E-state index contributed by atoms with van der Waals surface area (Å²) in [5.41, 5.74) is 0.986. The van der Waals surface area contributed by atoms with Crippen LogP contribution in [-0.4, -0.2) is 54.8 Å². The largest absolute Gasteiger partial charge is 0.338 e. The molecule has 1 heterocycles. The maximum Gasteiger partial charge on any atom is 0.290 e. The summed E-state index contributed by atoms with van der Waals surface area (Å²) < 4.78 is 0. The third kappa shape index (κ3) is 4.06. The van der Waals surface area contributed by atoms with Gasteiger partial charge in [-0.3, -0.25) is 19.2 Å². The van der Waals surface area contributed by atoms with Gasteiger partial charge in [0.1, 0.15) is 5.92 Å². The van der Waals surface area contributed by atoms with Crippen LogP contribution in [0.4, 0.5) is 0 Å². The number of likely N-dealkylation sites (tertiary alicyclic amines) is 1. The lowest BCUT2D eigenvalue weighted by Crippen LogP contribution is -2.39. The second kappa shape index (κ2) is 7.96. The van der Waals surface area contributed by atoms with Crippen LogP contribution in [0.25, 0.3) is 0 Å². The monoisotopic (exact) mass is 372 g/mol. The van der Waals surface area contributed by atoms with Crippen molar-refractivity contribution < 1.29 is 19.2 Å². The van der Waals surface area contributed by atoms with E-state index in [0.717, 1.165) is 10.6 Å². The van der Waals surface area contributed by atoms with Crippen LogP contribution >= 0.6 is 23.2 Å². The SMILES string of the molecule is CON(CCCc1ccc(Cl)c(Cl)c1)C(=O)C1CN(C)C(=O)C1=O. The zero-order valence-corrected chi connectivity index (χ0v) is 14.9. The summed E-state index contributed by atoms with van der Waals surface area (Å²) in [6.07, 6.45) is 1.28. The maximum absolute atomic E-state index is 12.4. The van der Waals surface area contributed by atoms with Gasteiger partial charge < -0.3 is 4.90 Å². The van der Waals surface area contributed by atoms with Crippen LogP contribution in [0.2, 0.25) is 10.0 Å². The first-order valence-electron chi connectivity index (χ1n) is 7.44. The Balaban J connectivity index is 1.92. The molecule has 6 nitrogen and oxygen atoms in total. The Morgan fingerprint density at radius 3 is 2.58 bits per heavy atom. The van der Waals surface area contributed by atoms with Gasteiger partial charge in [-0.2, -0.15) is 0 Å². The van der Waals surface area contributed by atoms with Crippen molar-refractivity contribution >= 4 is 40.8 Å². The molecule has 1 saturated heterocycles. The molecule has 2 rings (SSSR count). The predicted molar refractivity (Wildman–Crippen MR) is 89.6 cm³/mol. The summed E-state index contributed by atoms with van der Waals surface area (Å²) >= 11 is 11.8. The van der Waals surface area contributed by atoms with Crippen molar-refractivity contribution in [3.8, 4) is 0 Å². The van der Waals surface area contributed by atoms with Crippen LogP contribution in [0.1, 0.15) is 12.0 Å². The number of hydroxylamine groups is 2. The first-order valence-corrected chi connectivity index (χ1v) is 8.19. The van der Waals surface area contributed by atoms with Crippen LogP contribution < -0.4 is 0 Å². The van der Waals surface area contributed by atoms with Crippen molar-refractivity contribution in [2.75, 3.05) is 27.2 Å². The zero-order chi connectivity index (χ0) is 17.9. The Labute approximate surface area is 150 Å². The zero-order valence-electron chi connectivity index (χ0n) is 13.4. The van der Waals surface area contributed by atoms with E-state index in [-0.39, 0.29) is 6.54 Å². The highest BCUT2D eigenvalue weighted by atomic mass is 35.5. The molecule has 2 amide bonds. The van der Waals surface area contributed by atoms with Gasteiger partial charge >= 0.3 is 0 Å². The topological polar surface area (TPSA) is 66.9 Å². The molecule has 0 N–H and O–H groups in total. The van der Waals surface area contributed by atoms with Gasteiger partial charge in [0.05, 0.1) is 17.2 Å². The Kier molecular flexibility index (Phi) is 6.21. The molecule has 1 aromatic carbocycles. The maximum atomic E-state index is 12.4. The Morgan fingerprint density at radius 1 is 1.33 bits per heavy atom. The van der Waals surface area contributed by atoms with Crippen molar-refractivity contribution in [1.82, 2.24) is 9.96 Å². The number of Topliss-reactive ketones (excluding diaryl/α,β-unsaturated/α-hetero) is 1. The first-order chi connectivity index (χ1) is 11.3. The van der Waals surface area contributed by atoms with Crippen LogP contribution in [0, 0.1) is 5.92 Å². The van der Waals surface area contributed by atoms with E-state index in [2.05, 4.69) is 0 Å². The smallest absolute Gasteiger partial charge is 0.290 e. The van der Waals surface area contributed by atoms with Crippen molar-refractivity contribution in [3.05, 3.63) is 33.8 Å². The third-order valence-corrected chi connectivity index (χ3v) is 4.64. The van der Waals surface area contributed by atoms with Gasteiger partial charge in [0.2, 0.25) is 5.78 Å². The van der Waals surface area contributed by atoms with Crippen LogP contribution in [0.15, 0.2) is 18.2 Å². The summed E-state index contributed by atoms with van der Waals surface area (Å²) in [7, 11) is 2.86. The second-order valence-electron chi connectivity index (χ2n) is 5.58. The number of benzene rings is 1. The highest BCUT2D eigenvalue weighted by Crippen LogP contribution is 2.23. The van der Waals surface area contributed by atoms with Crippen LogP contribution in [-0.2, 0) is 25.6 Å². The van der Waals surface area contributed by atoms with Crippen molar-refractivity contribution in [2.24, 2.45) is 5.92 Å². The third-order valence-electron chi connectivity index (χ3n) is 3.91. The van der Waals surface area contributed by atoms with Crippen molar-refractivity contribution in [2.45, 2.75) is 12.8 Å². The molecule has 1 fully saturated rings. The van der Waals surface area contributed by atoms with E-state index in [4.69, 9.17) is 28.0 Å². The molecule has 0 spiro atoms. The minimum absolute atomic E-state index is 0.0865. The number of likely N-dealkylation sites (N-methyl/N-ethyl adjacent to an activating group) is 1. The Hall–Kier alpha value is -1.63. The number of carbonyl (C=O) groups is 3. The van der Waals surface area contributed by atoms with E-state index in [1.54, 1.807) is 12.1 Å². The summed E-state index contributed by atoms with van der Waals surface area (Å²) in [5, 5.41) is 2.10. The number of nitrogens with zero attached hydrogens (tertiary/aromatic N) is 2. The van der Waals surface area contributed by atoms with E-state index < -0.39 is 23.5 Å². The molecule has 0 bridgehead atoms. The quantitative estimate of drug-likeness (QED) is 0.435. The van der Waals surface area contributed by atoms with E-state index in [1.165, 1.54) is 19.1 Å². The Bertz CT molecular complexity index is 665. The Morgan fingerprint density at radius 2 is 2.04 bits per heavy atom. The van der Waals surface area contributed by atoms with Crippen molar-refractivity contribution in [3.63, 3.8) is 0 Å². The van der Waals surface area contributed by atoms with Gasteiger partial charge in [0, 0.05) is 20.1 Å². The van der Waals surface area contributed by atoms with Gasteiger partial charge in [-0.25, -0.2) is 5.06 Å². The van der Waals surface area contributed by atoms with Gasteiger partial charge in [0.25, 0.3) is 11.8 Å².